The maximum absolute atomic E-state index is 12.3. The van der Waals surface area contributed by atoms with Gasteiger partial charge >= 0.3 is 5.97 Å². The largest absolute Gasteiger partial charge is 0.480 e. The van der Waals surface area contributed by atoms with Crippen LogP contribution in [0.2, 0.25) is 0 Å². The molecular weight excluding hydrogens is 232 g/mol. The standard InChI is InChI=1S/C13H22N2O3/c14-13(12(17)18)6-4-10(5-7-13)11(16)15-8-2-1-3-9-15/h10H,1-9,14H2,(H,17,18). The Morgan fingerprint density at radius 2 is 1.67 bits per heavy atom. The van der Waals surface area contributed by atoms with Crippen molar-refractivity contribution in [1.29, 1.82) is 0 Å². The summed E-state index contributed by atoms with van der Waals surface area (Å²) < 4.78 is 0. The number of carbonyl (C=O) groups excluding carboxylic acids is 1. The van der Waals surface area contributed by atoms with E-state index in [2.05, 4.69) is 0 Å². The fourth-order valence-corrected chi connectivity index (χ4v) is 2.97. The summed E-state index contributed by atoms with van der Waals surface area (Å²) in [6.45, 7) is 1.73. The fraction of sp³-hybridized carbons (Fsp3) is 0.846. The summed E-state index contributed by atoms with van der Waals surface area (Å²) in [4.78, 5) is 25.2. The van der Waals surface area contributed by atoms with E-state index in [-0.39, 0.29) is 11.8 Å². The van der Waals surface area contributed by atoms with Crippen LogP contribution in [0.25, 0.3) is 0 Å². The van der Waals surface area contributed by atoms with Crippen LogP contribution in [0.4, 0.5) is 0 Å². The molecule has 0 bridgehead atoms. The number of nitrogens with two attached hydrogens (primary N) is 1. The number of hydrogen-bond acceptors (Lipinski definition) is 3. The van der Waals surface area contributed by atoms with Gasteiger partial charge in [-0.15, -0.1) is 0 Å². The van der Waals surface area contributed by atoms with Crippen LogP contribution in [0.5, 0.6) is 0 Å². The topological polar surface area (TPSA) is 83.6 Å². The lowest BCUT2D eigenvalue weighted by molar-refractivity contribution is -0.147. The molecule has 0 radical (unpaired) electrons. The number of amides is 1. The van der Waals surface area contributed by atoms with Gasteiger partial charge in [-0.25, -0.2) is 0 Å². The number of likely N-dealkylation sites (tertiary alicyclic amines) is 1. The third-order valence-electron chi connectivity index (χ3n) is 4.32. The second-order valence-corrected chi connectivity index (χ2v) is 5.62. The molecule has 1 saturated carbocycles. The van der Waals surface area contributed by atoms with E-state index in [4.69, 9.17) is 10.8 Å². The number of rotatable bonds is 2. The number of aliphatic carboxylic acids is 1. The average molecular weight is 254 g/mol. The Morgan fingerprint density at radius 1 is 1.11 bits per heavy atom. The van der Waals surface area contributed by atoms with E-state index in [0.29, 0.717) is 25.7 Å². The first-order valence-electron chi connectivity index (χ1n) is 6.84. The van der Waals surface area contributed by atoms with Crippen molar-refractivity contribution in [3.63, 3.8) is 0 Å². The molecule has 1 saturated heterocycles. The lowest BCUT2D eigenvalue weighted by Gasteiger charge is -2.36. The van der Waals surface area contributed by atoms with Crippen molar-refractivity contribution in [2.75, 3.05) is 13.1 Å². The number of carbonyl (C=O) groups is 2. The van der Waals surface area contributed by atoms with Gasteiger partial charge in [0.1, 0.15) is 5.54 Å². The molecule has 3 N–H and O–H groups in total. The van der Waals surface area contributed by atoms with Gasteiger partial charge in [0.15, 0.2) is 0 Å². The molecule has 2 fully saturated rings. The third kappa shape index (κ3) is 2.66. The Kier molecular flexibility index (Phi) is 3.90. The quantitative estimate of drug-likeness (QED) is 0.769. The van der Waals surface area contributed by atoms with Gasteiger partial charge in [0.2, 0.25) is 5.91 Å². The summed E-state index contributed by atoms with van der Waals surface area (Å²) in [6, 6.07) is 0. The van der Waals surface area contributed by atoms with Gasteiger partial charge in [-0.05, 0) is 44.9 Å². The highest BCUT2D eigenvalue weighted by Crippen LogP contribution is 2.32. The van der Waals surface area contributed by atoms with Crippen molar-refractivity contribution >= 4 is 11.9 Å². The first-order chi connectivity index (χ1) is 8.53. The van der Waals surface area contributed by atoms with E-state index in [1.165, 1.54) is 6.42 Å². The molecular formula is C13H22N2O3. The summed E-state index contributed by atoms with van der Waals surface area (Å²) in [7, 11) is 0. The van der Waals surface area contributed by atoms with Crippen molar-refractivity contribution in [3.05, 3.63) is 0 Å². The van der Waals surface area contributed by atoms with Gasteiger partial charge in [0.05, 0.1) is 0 Å². The number of nitrogens with zero attached hydrogens (tertiary/aromatic N) is 1. The van der Waals surface area contributed by atoms with E-state index in [0.717, 1.165) is 25.9 Å². The number of carboxylic acid groups (broad SMARTS) is 1. The molecule has 5 heteroatoms. The average Bonchev–Trinajstić information content (AvgIpc) is 2.40. The minimum atomic E-state index is -1.11. The lowest BCUT2D eigenvalue weighted by Crippen LogP contribution is -2.52. The minimum Gasteiger partial charge on any atom is -0.480 e. The Morgan fingerprint density at radius 3 is 2.17 bits per heavy atom. The van der Waals surface area contributed by atoms with Crippen LogP contribution in [0.1, 0.15) is 44.9 Å². The van der Waals surface area contributed by atoms with E-state index in [1.807, 2.05) is 4.90 Å². The van der Waals surface area contributed by atoms with Gasteiger partial charge in [-0.1, -0.05) is 0 Å². The molecule has 2 rings (SSSR count). The van der Waals surface area contributed by atoms with E-state index < -0.39 is 11.5 Å². The van der Waals surface area contributed by atoms with Crippen molar-refractivity contribution in [2.45, 2.75) is 50.5 Å². The highest BCUT2D eigenvalue weighted by molar-refractivity contribution is 5.81. The molecule has 1 aliphatic heterocycles. The predicted molar refractivity (Wildman–Crippen MR) is 66.9 cm³/mol. The monoisotopic (exact) mass is 254 g/mol. The molecule has 5 nitrogen and oxygen atoms in total. The molecule has 2 aliphatic rings. The second-order valence-electron chi connectivity index (χ2n) is 5.62. The lowest BCUT2D eigenvalue weighted by atomic mass is 9.76. The highest BCUT2D eigenvalue weighted by Gasteiger charge is 2.40. The van der Waals surface area contributed by atoms with Gasteiger partial charge < -0.3 is 15.7 Å². The molecule has 18 heavy (non-hydrogen) atoms. The fourth-order valence-electron chi connectivity index (χ4n) is 2.97. The van der Waals surface area contributed by atoms with Crippen LogP contribution in [-0.4, -0.2) is 40.5 Å². The van der Waals surface area contributed by atoms with Crippen LogP contribution >= 0.6 is 0 Å². The third-order valence-corrected chi connectivity index (χ3v) is 4.32. The molecule has 1 amide bonds. The molecule has 0 aromatic heterocycles. The Hall–Kier alpha value is -1.10. The van der Waals surface area contributed by atoms with Crippen molar-refractivity contribution < 1.29 is 14.7 Å². The summed E-state index contributed by atoms with van der Waals surface area (Å²) in [5.41, 5.74) is 4.71. The molecule has 0 unspecified atom stereocenters. The smallest absolute Gasteiger partial charge is 0.323 e. The van der Waals surface area contributed by atoms with Gasteiger partial charge in [-0.2, -0.15) is 0 Å². The zero-order valence-electron chi connectivity index (χ0n) is 10.7. The highest BCUT2D eigenvalue weighted by atomic mass is 16.4. The summed E-state index contributed by atoms with van der Waals surface area (Å²) in [5.74, 6) is -0.743. The Labute approximate surface area is 107 Å². The molecule has 1 heterocycles. The van der Waals surface area contributed by atoms with Crippen molar-refractivity contribution in [3.8, 4) is 0 Å². The predicted octanol–water partition coefficient (Wildman–Crippen LogP) is 0.971. The Bertz CT molecular complexity index is 329. The van der Waals surface area contributed by atoms with Gasteiger partial charge in [0.25, 0.3) is 0 Å². The molecule has 0 spiro atoms. The molecule has 0 aromatic carbocycles. The molecule has 102 valence electrons. The number of piperidine rings is 1. The first-order valence-corrected chi connectivity index (χ1v) is 6.84. The van der Waals surface area contributed by atoms with Crippen molar-refractivity contribution in [1.82, 2.24) is 4.90 Å². The van der Waals surface area contributed by atoms with E-state index >= 15 is 0 Å². The molecule has 0 aromatic rings. The van der Waals surface area contributed by atoms with E-state index in [1.54, 1.807) is 0 Å². The van der Waals surface area contributed by atoms with Crippen molar-refractivity contribution in [2.24, 2.45) is 11.7 Å². The molecule has 1 aliphatic carbocycles. The van der Waals surface area contributed by atoms with Gasteiger partial charge in [-0.3, -0.25) is 9.59 Å². The van der Waals surface area contributed by atoms with Crippen LogP contribution in [0.3, 0.4) is 0 Å². The maximum Gasteiger partial charge on any atom is 0.323 e. The van der Waals surface area contributed by atoms with Crippen LogP contribution in [-0.2, 0) is 9.59 Å². The zero-order valence-corrected chi connectivity index (χ0v) is 10.7. The maximum atomic E-state index is 12.3. The van der Waals surface area contributed by atoms with Crippen LogP contribution in [0, 0.1) is 5.92 Å². The number of hydrogen-bond donors (Lipinski definition) is 2. The Balaban J connectivity index is 1.89. The van der Waals surface area contributed by atoms with E-state index in [9.17, 15) is 9.59 Å². The van der Waals surface area contributed by atoms with Crippen LogP contribution < -0.4 is 5.73 Å². The SMILES string of the molecule is NC1(C(=O)O)CCC(C(=O)N2CCCCC2)CC1. The normalized spacial score (nSPS) is 33.2. The molecule has 0 atom stereocenters. The second kappa shape index (κ2) is 5.26. The summed E-state index contributed by atoms with van der Waals surface area (Å²) in [6.07, 6.45) is 5.43. The summed E-state index contributed by atoms with van der Waals surface area (Å²) in [5, 5.41) is 9.05. The summed E-state index contributed by atoms with van der Waals surface area (Å²) >= 11 is 0. The number of carboxylic acids is 1. The zero-order chi connectivity index (χ0) is 13.2. The minimum absolute atomic E-state index is 0.0147. The van der Waals surface area contributed by atoms with Gasteiger partial charge in [0, 0.05) is 19.0 Å². The first kappa shape index (κ1) is 13.3. The van der Waals surface area contributed by atoms with Crippen LogP contribution in [0.15, 0.2) is 0 Å².